The molecule has 414 valence electrons. The third-order valence-corrected chi connectivity index (χ3v) is 17.1. The average Bonchev–Trinajstić information content (AvgIpc) is 2.49. The minimum Gasteiger partial charge on any atom is -0.310 e. The van der Waals surface area contributed by atoms with Crippen LogP contribution < -0.4 is 14.7 Å². The Morgan fingerprint density at radius 3 is 1.03 bits per heavy atom. The predicted octanol–water partition coefficient (Wildman–Crippen LogP) is 21.3. The Morgan fingerprint density at radius 2 is 0.534 bits per heavy atom. The summed E-state index contributed by atoms with van der Waals surface area (Å²) in [6.07, 6.45) is 0. The first kappa shape index (κ1) is 50.5. The van der Waals surface area contributed by atoms with Gasteiger partial charge in [0.25, 0.3) is 0 Å². The maximum absolute atomic E-state index is 5.97. The van der Waals surface area contributed by atoms with Crippen molar-refractivity contribution in [2.24, 2.45) is 0 Å². The zero-order chi connectivity index (χ0) is 58.1. The fourth-order valence-corrected chi connectivity index (χ4v) is 13.3. The van der Waals surface area contributed by atoms with Crippen LogP contribution >= 0.6 is 0 Å². The van der Waals surface area contributed by atoms with Crippen molar-refractivity contribution in [3.05, 3.63) is 328 Å². The molecule has 8 heteroatoms. The fraction of sp³-hybridized carbons (Fsp3) is 0. The van der Waals surface area contributed by atoms with Crippen molar-refractivity contribution in [2.75, 3.05) is 14.7 Å². The lowest BCUT2D eigenvalue weighted by atomic mass is 10.1. The molecule has 0 aliphatic heterocycles. The van der Waals surface area contributed by atoms with Crippen LogP contribution in [0.2, 0.25) is 0 Å². The molecule has 0 radical (unpaired) electrons. The van der Waals surface area contributed by atoms with Gasteiger partial charge in [0, 0.05) is 94.6 Å². The van der Waals surface area contributed by atoms with Crippen molar-refractivity contribution in [3.63, 3.8) is 0 Å². The van der Waals surface area contributed by atoms with E-state index in [1.165, 1.54) is 16.2 Å². The third kappa shape index (κ3) is 8.37. The van der Waals surface area contributed by atoms with Gasteiger partial charge in [-0.25, -0.2) is 4.98 Å². The van der Waals surface area contributed by atoms with Crippen LogP contribution in [0.3, 0.4) is 0 Å². The first-order valence-corrected chi connectivity index (χ1v) is 29.8. The zero-order valence-electron chi connectivity index (χ0n) is 47.8. The molecule has 0 saturated carbocycles. The van der Waals surface area contributed by atoms with Crippen LogP contribution in [0.25, 0.3) is 93.4 Å². The second kappa shape index (κ2) is 21.0. The summed E-state index contributed by atoms with van der Waals surface area (Å²) in [4.78, 5) is 18.6. The van der Waals surface area contributed by atoms with Gasteiger partial charge in [0.2, 0.25) is 5.95 Å². The predicted molar refractivity (Wildman–Crippen MR) is 367 cm³/mol. The molecule has 0 spiro atoms. The van der Waals surface area contributed by atoms with E-state index in [1.54, 1.807) is 0 Å². The molecule has 17 rings (SSSR count). The van der Waals surface area contributed by atoms with Gasteiger partial charge < -0.3 is 18.6 Å². The Hall–Kier alpha value is -12.0. The van der Waals surface area contributed by atoms with Crippen molar-refractivity contribution in [2.45, 2.75) is 0 Å². The fourth-order valence-electron chi connectivity index (χ4n) is 13.3. The number of hydrogen-bond acceptors (Lipinski definition) is 5. The van der Waals surface area contributed by atoms with Crippen LogP contribution in [-0.2, 0) is 0 Å². The molecule has 0 atom stereocenters. The lowest BCUT2D eigenvalue weighted by molar-refractivity contribution is 1.08. The van der Waals surface area contributed by atoms with Gasteiger partial charge in [-0.1, -0.05) is 176 Å². The van der Waals surface area contributed by atoms with Gasteiger partial charge in [0.1, 0.15) is 0 Å². The molecule has 4 aromatic heterocycles. The van der Waals surface area contributed by atoms with Gasteiger partial charge in [-0.3, -0.25) is 9.80 Å². The van der Waals surface area contributed by atoms with E-state index in [4.69, 9.17) is 9.97 Å². The molecule has 0 aliphatic rings. The summed E-state index contributed by atoms with van der Waals surface area (Å²) in [5.41, 5.74) is 17.5. The van der Waals surface area contributed by atoms with Gasteiger partial charge in [-0.15, -0.1) is 0 Å². The zero-order valence-corrected chi connectivity index (χ0v) is 47.8. The topological polar surface area (TPSA) is 50.3 Å². The molecule has 0 saturated heterocycles. The quantitative estimate of drug-likeness (QED) is 0.122. The molecule has 0 N–H and O–H groups in total. The van der Waals surface area contributed by atoms with E-state index < -0.39 is 0 Å². The molecule has 4 heterocycles. The van der Waals surface area contributed by atoms with Gasteiger partial charge in [0.15, 0.2) is 5.82 Å². The molecule has 13 aromatic carbocycles. The van der Waals surface area contributed by atoms with Crippen LogP contribution in [-0.4, -0.2) is 23.7 Å². The molecule has 17 aromatic rings. The van der Waals surface area contributed by atoms with Crippen molar-refractivity contribution in [3.8, 4) is 17.1 Å². The van der Waals surface area contributed by atoms with Gasteiger partial charge >= 0.3 is 0 Å². The van der Waals surface area contributed by atoms with Gasteiger partial charge in [-0.05, 0) is 152 Å². The highest BCUT2D eigenvalue weighted by Gasteiger charge is 2.27. The lowest BCUT2D eigenvalue weighted by Crippen LogP contribution is -2.18. The smallest absolute Gasteiger partial charge is 0.237 e. The molecule has 0 unspecified atom stereocenters. The van der Waals surface area contributed by atoms with E-state index in [1.807, 2.05) is 0 Å². The largest absolute Gasteiger partial charge is 0.310 e. The number of nitrogens with zero attached hydrogens (tertiary/aromatic N) is 8. The summed E-state index contributed by atoms with van der Waals surface area (Å²) in [5.74, 6) is 1.23. The highest BCUT2D eigenvalue weighted by molar-refractivity contribution is 6.13. The first-order chi connectivity index (χ1) is 43.7. The summed E-state index contributed by atoms with van der Waals surface area (Å²) in [7, 11) is 0. The normalized spacial score (nSPS) is 11.6. The van der Waals surface area contributed by atoms with Crippen LogP contribution in [0.5, 0.6) is 0 Å². The standard InChI is InChI=1S/C80H54N8/c1-7-25-55(26-8-1)83(63-43-47-68-65-37-19-22-40-73(65)87(77(68)53-63)59-33-15-5-16-34-59)61-45-49-72-71(52-61)79(84(56-27-9-2-10-28-56)64-44-48-69-66-38-20-23-41-74(66)88(78(69)54-64)60-35-17-6-18-36-60)82-80(81-72)85(57-29-11-3-12-30-57)62-46-50-76-70(51-62)67-39-21-24-42-75(67)86(76)58-31-13-4-14-32-58/h1-54H. The number of hydrogen-bond donors (Lipinski definition) is 0. The lowest BCUT2D eigenvalue weighted by Gasteiger charge is -2.30. The van der Waals surface area contributed by atoms with Crippen molar-refractivity contribution < 1.29 is 0 Å². The maximum atomic E-state index is 5.97. The summed E-state index contributed by atoms with van der Waals surface area (Å²) in [6.45, 7) is 0. The number of fused-ring (bicyclic) bond motifs is 10. The van der Waals surface area contributed by atoms with Crippen LogP contribution in [0.15, 0.2) is 328 Å². The molecule has 0 bridgehead atoms. The Labute approximate surface area is 508 Å². The minimum atomic E-state index is 0.520. The van der Waals surface area contributed by atoms with Crippen LogP contribution in [0.4, 0.5) is 51.6 Å². The first-order valence-electron chi connectivity index (χ1n) is 29.8. The maximum Gasteiger partial charge on any atom is 0.237 e. The van der Waals surface area contributed by atoms with E-state index in [-0.39, 0.29) is 0 Å². The summed E-state index contributed by atoms with van der Waals surface area (Å²) in [5, 5.41) is 7.88. The summed E-state index contributed by atoms with van der Waals surface area (Å²) in [6, 6.07) is 117. The van der Waals surface area contributed by atoms with Gasteiger partial charge in [0.05, 0.1) is 38.6 Å². The van der Waals surface area contributed by atoms with Crippen LogP contribution in [0.1, 0.15) is 0 Å². The average molecular weight is 1130 g/mol. The van der Waals surface area contributed by atoms with Crippen LogP contribution in [0, 0.1) is 0 Å². The summed E-state index contributed by atoms with van der Waals surface area (Å²) >= 11 is 0. The molecular weight excluding hydrogens is 1070 g/mol. The number of para-hydroxylation sites is 9. The number of rotatable bonds is 12. The van der Waals surface area contributed by atoms with Gasteiger partial charge in [-0.2, -0.15) is 4.98 Å². The Morgan fingerprint density at radius 1 is 0.205 bits per heavy atom. The second-order valence-electron chi connectivity index (χ2n) is 22.2. The molecular formula is C80H54N8. The number of benzene rings is 13. The molecule has 0 amide bonds. The Balaban J connectivity index is 0.934. The Kier molecular flexibility index (Phi) is 12.0. The molecule has 0 fully saturated rings. The third-order valence-electron chi connectivity index (χ3n) is 17.1. The van der Waals surface area contributed by atoms with E-state index in [0.29, 0.717) is 11.8 Å². The highest BCUT2D eigenvalue weighted by Crippen LogP contribution is 2.47. The minimum absolute atomic E-state index is 0.520. The van der Waals surface area contributed by atoms with E-state index in [9.17, 15) is 0 Å². The molecule has 0 aliphatic carbocycles. The van der Waals surface area contributed by atoms with Crippen molar-refractivity contribution in [1.82, 2.24) is 23.7 Å². The Bertz CT molecular complexity index is 5450. The van der Waals surface area contributed by atoms with E-state index in [2.05, 4.69) is 356 Å². The second-order valence-corrected chi connectivity index (χ2v) is 22.2. The van der Waals surface area contributed by atoms with E-state index >= 15 is 0 Å². The summed E-state index contributed by atoms with van der Waals surface area (Å²) < 4.78 is 7.12. The molecule has 8 nitrogen and oxygen atoms in total. The number of aromatic nitrogens is 5. The SMILES string of the molecule is c1ccc(N(c2ccc3nc(N(c4ccccc4)c4ccc5c(c4)c4ccccc4n5-c4ccccc4)nc(N(c4ccccc4)c4ccc5c6ccccc6n(-c6ccccc6)c5c4)c3c2)c2ccc3c4ccccc4n(-c4ccccc4)c3c2)cc1. The number of anilines is 9. The van der Waals surface area contributed by atoms with Crippen molar-refractivity contribution >= 4 is 128 Å². The monoisotopic (exact) mass is 1130 g/mol. The van der Waals surface area contributed by atoms with E-state index in [0.717, 1.165) is 117 Å². The van der Waals surface area contributed by atoms with Crippen molar-refractivity contribution in [1.29, 1.82) is 0 Å². The highest BCUT2D eigenvalue weighted by atomic mass is 15.3. The molecule has 88 heavy (non-hydrogen) atoms.